The van der Waals surface area contributed by atoms with Gasteiger partial charge < -0.3 is 10.3 Å². The highest BCUT2D eigenvalue weighted by molar-refractivity contribution is 7.09. The van der Waals surface area contributed by atoms with Crippen molar-refractivity contribution in [2.75, 3.05) is 5.32 Å². The van der Waals surface area contributed by atoms with E-state index in [0.717, 1.165) is 11.3 Å². The molecule has 0 spiro atoms. The Bertz CT molecular complexity index is 558. The van der Waals surface area contributed by atoms with Gasteiger partial charge in [0.2, 0.25) is 11.0 Å². The number of aromatic amines is 1. The first kappa shape index (κ1) is 12.0. The highest BCUT2D eigenvalue weighted by Crippen LogP contribution is 2.28. The average Bonchev–Trinajstić information content (AvgIpc) is 2.82. The second-order valence-corrected chi connectivity index (χ2v) is 4.54. The molecule has 0 radical (unpaired) electrons. The van der Waals surface area contributed by atoms with Crippen LogP contribution in [-0.4, -0.2) is 14.3 Å². The van der Waals surface area contributed by atoms with Crippen LogP contribution in [0.3, 0.4) is 0 Å². The minimum atomic E-state index is -4.53. The zero-order valence-electron chi connectivity index (χ0n) is 8.04. The number of nitrogens with zero attached hydrogens (tertiary/aromatic N) is 2. The van der Waals surface area contributed by atoms with Crippen molar-refractivity contribution in [3.63, 3.8) is 0 Å². The lowest BCUT2D eigenvalue weighted by atomic mass is 10.5. The summed E-state index contributed by atoms with van der Waals surface area (Å²) in [5.41, 5.74) is 0.587. The van der Waals surface area contributed by atoms with Crippen LogP contribution in [0, 0.1) is 0 Å². The summed E-state index contributed by atoms with van der Waals surface area (Å²) in [6, 6.07) is 0. The normalized spacial score (nSPS) is 11.7. The number of nitrogens with one attached hydrogen (secondary N) is 2. The third-order valence-corrected chi connectivity index (χ3v) is 3.07. The molecular weight excluding hydrogens is 277 g/mol. The van der Waals surface area contributed by atoms with Gasteiger partial charge in [-0.1, -0.05) is 11.3 Å². The van der Waals surface area contributed by atoms with E-state index in [2.05, 4.69) is 19.7 Å². The van der Waals surface area contributed by atoms with E-state index in [-0.39, 0.29) is 16.5 Å². The van der Waals surface area contributed by atoms with Crippen molar-refractivity contribution in [3.8, 4) is 0 Å². The Balaban J connectivity index is 2.00. The van der Waals surface area contributed by atoms with Gasteiger partial charge in [-0.05, 0) is 0 Å². The molecule has 0 fully saturated rings. The van der Waals surface area contributed by atoms with Crippen molar-refractivity contribution in [2.24, 2.45) is 0 Å². The summed E-state index contributed by atoms with van der Waals surface area (Å²) in [4.78, 5) is 16.4. The average molecular weight is 282 g/mol. The molecule has 17 heavy (non-hydrogen) atoms. The molecule has 92 valence electrons. The maximum absolute atomic E-state index is 12.2. The zero-order chi connectivity index (χ0) is 12.5. The van der Waals surface area contributed by atoms with Crippen molar-refractivity contribution in [2.45, 2.75) is 12.7 Å². The number of halogens is 3. The van der Waals surface area contributed by atoms with Crippen LogP contribution < -0.4 is 10.2 Å². The van der Waals surface area contributed by atoms with E-state index < -0.39 is 12.0 Å². The Kier molecular flexibility index (Phi) is 3.15. The van der Waals surface area contributed by atoms with Gasteiger partial charge in [0.05, 0.1) is 6.54 Å². The monoisotopic (exact) mass is 282 g/mol. The summed E-state index contributed by atoms with van der Waals surface area (Å²) in [7, 11) is 0. The predicted octanol–water partition coefficient (Wildman–Crippen LogP) is 1.92. The van der Waals surface area contributed by atoms with E-state index in [0.29, 0.717) is 17.2 Å². The number of anilines is 1. The standard InChI is InChI=1S/C7H5F3N4OS2/c8-7(9,10)4-13-5(17-14-4)11-1-3-2-16-6(15)12-3/h2H,1H2,(H,12,15)(H,11,13,14). The van der Waals surface area contributed by atoms with Crippen LogP contribution in [0.1, 0.15) is 11.5 Å². The van der Waals surface area contributed by atoms with E-state index in [1.54, 1.807) is 5.38 Å². The molecule has 0 bridgehead atoms. The first-order valence-corrected chi connectivity index (χ1v) is 5.92. The quantitative estimate of drug-likeness (QED) is 0.902. The number of hydrogen-bond acceptors (Lipinski definition) is 6. The molecule has 0 aliphatic carbocycles. The topological polar surface area (TPSA) is 70.7 Å². The molecule has 10 heteroatoms. The lowest BCUT2D eigenvalue weighted by Crippen LogP contribution is -2.08. The van der Waals surface area contributed by atoms with E-state index >= 15 is 0 Å². The van der Waals surface area contributed by atoms with Gasteiger partial charge in [0.25, 0.3) is 0 Å². The molecule has 2 aromatic rings. The van der Waals surface area contributed by atoms with Gasteiger partial charge in [0.1, 0.15) is 0 Å². The van der Waals surface area contributed by atoms with Crippen molar-refractivity contribution < 1.29 is 13.2 Å². The van der Waals surface area contributed by atoms with Crippen LogP contribution >= 0.6 is 22.9 Å². The summed E-state index contributed by atoms with van der Waals surface area (Å²) in [6.07, 6.45) is -4.53. The summed E-state index contributed by atoms with van der Waals surface area (Å²) >= 11 is 1.61. The fourth-order valence-electron chi connectivity index (χ4n) is 0.982. The Morgan fingerprint density at radius 3 is 2.76 bits per heavy atom. The molecule has 0 aliphatic rings. The zero-order valence-corrected chi connectivity index (χ0v) is 9.67. The van der Waals surface area contributed by atoms with E-state index in [1.807, 2.05) is 0 Å². The Hall–Kier alpha value is -1.42. The van der Waals surface area contributed by atoms with Crippen molar-refractivity contribution >= 4 is 28.0 Å². The van der Waals surface area contributed by atoms with E-state index in [9.17, 15) is 18.0 Å². The minimum Gasteiger partial charge on any atom is -0.355 e. The van der Waals surface area contributed by atoms with Gasteiger partial charge in [-0.15, -0.1) is 0 Å². The van der Waals surface area contributed by atoms with Crippen LogP contribution in [-0.2, 0) is 12.7 Å². The first-order chi connectivity index (χ1) is 7.95. The second-order valence-electron chi connectivity index (χ2n) is 2.95. The first-order valence-electron chi connectivity index (χ1n) is 4.26. The fourth-order valence-corrected chi connectivity index (χ4v) is 2.14. The number of thiazole rings is 1. The Labute approximate surface area is 101 Å². The molecule has 2 N–H and O–H groups in total. The van der Waals surface area contributed by atoms with Crippen LogP contribution in [0.2, 0.25) is 0 Å². The van der Waals surface area contributed by atoms with Crippen LogP contribution in [0.15, 0.2) is 10.2 Å². The second kappa shape index (κ2) is 4.45. The number of rotatable bonds is 3. The van der Waals surface area contributed by atoms with Crippen molar-refractivity contribution in [1.29, 1.82) is 0 Å². The number of hydrogen-bond donors (Lipinski definition) is 2. The van der Waals surface area contributed by atoms with Gasteiger partial charge in [0.15, 0.2) is 0 Å². The van der Waals surface area contributed by atoms with Gasteiger partial charge in [-0.3, -0.25) is 4.79 Å². The highest BCUT2D eigenvalue weighted by Gasteiger charge is 2.36. The van der Waals surface area contributed by atoms with E-state index in [4.69, 9.17) is 0 Å². The van der Waals surface area contributed by atoms with E-state index in [1.165, 1.54) is 0 Å². The molecule has 2 rings (SSSR count). The molecule has 0 saturated heterocycles. The van der Waals surface area contributed by atoms with Crippen LogP contribution in [0.25, 0.3) is 0 Å². The van der Waals surface area contributed by atoms with Gasteiger partial charge >= 0.3 is 11.0 Å². The minimum absolute atomic E-state index is 0.0596. The molecule has 0 aliphatic heterocycles. The fraction of sp³-hybridized carbons (Fsp3) is 0.286. The summed E-state index contributed by atoms with van der Waals surface area (Å²) in [5.74, 6) is -1.16. The lowest BCUT2D eigenvalue weighted by molar-refractivity contribution is -0.144. The largest absolute Gasteiger partial charge is 0.452 e. The third-order valence-electron chi connectivity index (χ3n) is 1.68. The molecule has 2 aromatic heterocycles. The molecule has 2 heterocycles. The summed E-state index contributed by atoms with van der Waals surface area (Å²) in [6.45, 7) is 0.200. The smallest absolute Gasteiger partial charge is 0.355 e. The molecule has 0 atom stereocenters. The maximum atomic E-state index is 12.2. The predicted molar refractivity (Wildman–Crippen MR) is 57.2 cm³/mol. The van der Waals surface area contributed by atoms with Crippen molar-refractivity contribution in [1.82, 2.24) is 14.3 Å². The molecular formula is C7H5F3N4OS2. The molecule has 0 unspecified atom stereocenters. The van der Waals surface area contributed by atoms with Crippen LogP contribution in [0.5, 0.6) is 0 Å². The number of alkyl halides is 3. The SMILES string of the molecule is O=c1[nH]c(CNc2nc(C(F)(F)F)ns2)cs1. The van der Waals surface area contributed by atoms with Gasteiger partial charge in [-0.25, -0.2) is 0 Å². The molecule has 0 amide bonds. The maximum Gasteiger partial charge on any atom is 0.452 e. The molecule has 0 aromatic carbocycles. The Morgan fingerprint density at radius 2 is 2.24 bits per heavy atom. The number of H-pyrrole nitrogens is 1. The third kappa shape index (κ3) is 3.03. The van der Waals surface area contributed by atoms with Gasteiger partial charge in [-0.2, -0.15) is 22.5 Å². The molecule has 5 nitrogen and oxygen atoms in total. The summed E-state index contributed by atoms with van der Waals surface area (Å²) in [5, 5.41) is 4.29. The Morgan fingerprint density at radius 1 is 1.47 bits per heavy atom. The van der Waals surface area contributed by atoms with Crippen molar-refractivity contribution in [3.05, 3.63) is 26.6 Å². The molecule has 0 saturated carbocycles. The van der Waals surface area contributed by atoms with Gasteiger partial charge in [0, 0.05) is 22.6 Å². The summed E-state index contributed by atoms with van der Waals surface area (Å²) < 4.78 is 39.7. The van der Waals surface area contributed by atoms with Crippen LogP contribution in [0.4, 0.5) is 18.3 Å². The number of aromatic nitrogens is 3. The lowest BCUT2D eigenvalue weighted by Gasteiger charge is -1.99. The highest BCUT2D eigenvalue weighted by atomic mass is 32.1.